The highest BCUT2D eigenvalue weighted by atomic mass is 16.2. The number of hydrogen-bond acceptors (Lipinski definition) is 3. The zero-order chi connectivity index (χ0) is 19.3. The smallest absolute Gasteiger partial charge is 0.339 e. The molecule has 0 spiro atoms. The molecule has 2 rings (SSSR count). The average Bonchev–Trinajstić information content (AvgIpc) is 3.03. The number of aryl methyl sites for hydroxylation is 1. The van der Waals surface area contributed by atoms with Gasteiger partial charge < -0.3 is 20.0 Å². The predicted octanol–water partition coefficient (Wildman–Crippen LogP) is 1.75. The van der Waals surface area contributed by atoms with E-state index in [1.165, 1.54) is 4.90 Å². The van der Waals surface area contributed by atoms with Crippen molar-refractivity contribution >= 4 is 23.6 Å². The van der Waals surface area contributed by atoms with Crippen LogP contribution in [0.25, 0.3) is 0 Å². The van der Waals surface area contributed by atoms with Crippen molar-refractivity contribution in [3.05, 3.63) is 29.3 Å². The fourth-order valence-corrected chi connectivity index (χ4v) is 2.78. The molecule has 1 aromatic rings. The molecule has 0 atom stereocenters. The van der Waals surface area contributed by atoms with Crippen LogP contribution in [0.1, 0.15) is 29.8 Å². The normalized spacial score (nSPS) is 13.7. The number of nitrogens with zero attached hydrogens (tertiary/aromatic N) is 4. The molecule has 1 fully saturated rings. The van der Waals surface area contributed by atoms with Crippen LogP contribution in [0.15, 0.2) is 23.3 Å². The Kier molecular flexibility index (Phi) is 6.43. The molecule has 0 radical (unpaired) electrons. The number of hydrazone groups is 1. The second-order valence-corrected chi connectivity index (χ2v) is 6.37. The van der Waals surface area contributed by atoms with E-state index >= 15 is 0 Å². The largest absolute Gasteiger partial charge is 0.345 e. The molecule has 1 aliphatic rings. The summed E-state index contributed by atoms with van der Waals surface area (Å²) in [6, 6.07) is 4.80. The van der Waals surface area contributed by atoms with Crippen molar-refractivity contribution in [2.24, 2.45) is 5.10 Å². The third-order valence-electron chi connectivity index (χ3n) is 4.37. The standard InChI is InChI=1S/C18H28N6O2/c1-6-23-10-11-24(7-2)18(23)21-20-17(26)19-15-12-14(9-8-13(15)3)16(25)22(4)5/h8-9,12H,6-7,10-11H2,1-5H3,(H2,19,20,26). The lowest BCUT2D eigenvalue weighted by molar-refractivity contribution is 0.0827. The molecule has 0 unspecified atom stereocenters. The maximum atomic E-state index is 12.3. The number of likely N-dealkylation sites (N-methyl/N-ethyl adjacent to an activating group) is 2. The lowest BCUT2D eigenvalue weighted by atomic mass is 10.1. The number of carbonyl (C=O) groups is 2. The fraction of sp³-hybridized carbons (Fsp3) is 0.500. The molecule has 1 heterocycles. The summed E-state index contributed by atoms with van der Waals surface area (Å²) in [7, 11) is 3.39. The highest BCUT2D eigenvalue weighted by molar-refractivity contribution is 5.97. The first-order chi connectivity index (χ1) is 12.4. The molecule has 2 N–H and O–H groups in total. The number of rotatable bonds is 5. The van der Waals surface area contributed by atoms with Crippen molar-refractivity contribution in [2.45, 2.75) is 20.8 Å². The number of amides is 3. The zero-order valence-electron chi connectivity index (χ0n) is 16.2. The van der Waals surface area contributed by atoms with Crippen molar-refractivity contribution in [3.8, 4) is 0 Å². The molecule has 0 aliphatic carbocycles. The molecule has 0 bridgehead atoms. The van der Waals surface area contributed by atoms with E-state index in [0.29, 0.717) is 11.3 Å². The van der Waals surface area contributed by atoms with E-state index in [0.717, 1.165) is 37.7 Å². The Morgan fingerprint density at radius 3 is 2.31 bits per heavy atom. The topological polar surface area (TPSA) is 80.3 Å². The lowest BCUT2D eigenvalue weighted by Crippen LogP contribution is -2.37. The molecule has 1 aromatic carbocycles. The van der Waals surface area contributed by atoms with Gasteiger partial charge in [-0.05, 0) is 38.5 Å². The average molecular weight is 360 g/mol. The van der Waals surface area contributed by atoms with Crippen LogP contribution in [0.3, 0.4) is 0 Å². The number of carbonyl (C=O) groups excluding carboxylic acids is 2. The van der Waals surface area contributed by atoms with E-state index < -0.39 is 6.03 Å². The van der Waals surface area contributed by atoms with Gasteiger partial charge >= 0.3 is 6.03 Å². The van der Waals surface area contributed by atoms with Gasteiger partial charge in [0.2, 0.25) is 5.96 Å². The Labute approximate surface area is 154 Å². The van der Waals surface area contributed by atoms with Crippen molar-refractivity contribution in [1.82, 2.24) is 20.1 Å². The van der Waals surface area contributed by atoms with E-state index in [4.69, 9.17) is 0 Å². The molecule has 26 heavy (non-hydrogen) atoms. The van der Waals surface area contributed by atoms with Gasteiger partial charge in [-0.1, -0.05) is 6.07 Å². The highest BCUT2D eigenvalue weighted by Crippen LogP contribution is 2.18. The maximum Gasteiger partial charge on any atom is 0.339 e. The number of urea groups is 1. The van der Waals surface area contributed by atoms with Crippen molar-refractivity contribution < 1.29 is 9.59 Å². The van der Waals surface area contributed by atoms with E-state index in [9.17, 15) is 9.59 Å². The van der Waals surface area contributed by atoms with E-state index in [2.05, 4.69) is 39.5 Å². The molecule has 1 aliphatic heterocycles. The van der Waals surface area contributed by atoms with Crippen LogP contribution in [0.5, 0.6) is 0 Å². The first-order valence-electron chi connectivity index (χ1n) is 8.84. The Morgan fingerprint density at radius 2 is 1.77 bits per heavy atom. The zero-order valence-corrected chi connectivity index (χ0v) is 16.2. The van der Waals surface area contributed by atoms with Crippen LogP contribution < -0.4 is 10.7 Å². The third-order valence-corrected chi connectivity index (χ3v) is 4.37. The fourth-order valence-electron chi connectivity index (χ4n) is 2.78. The van der Waals surface area contributed by atoms with Crippen LogP contribution >= 0.6 is 0 Å². The number of anilines is 1. The van der Waals surface area contributed by atoms with E-state index in [-0.39, 0.29) is 5.91 Å². The summed E-state index contributed by atoms with van der Waals surface area (Å²) in [5.74, 6) is 0.662. The molecule has 0 saturated carbocycles. The Hall–Kier alpha value is -2.77. The van der Waals surface area contributed by atoms with Crippen LogP contribution in [0.2, 0.25) is 0 Å². The molecular formula is C18H28N6O2. The second kappa shape index (κ2) is 8.55. The van der Waals surface area contributed by atoms with Gasteiger partial charge in [0, 0.05) is 51.5 Å². The molecule has 1 saturated heterocycles. The first kappa shape index (κ1) is 19.6. The summed E-state index contributed by atoms with van der Waals surface area (Å²) in [6.45, 7) is 9.48. The monoisotopic (exact) mass is 360 g/mol. The minimum atomic E-state index is -0.436. The van der Waals surface area contributed by atoms with Gasteiger partial charge in [0.05, 0.1) is 0 Å². The minimum Gasteiger partial charge on any atom is -0.345 e. The maximum absolute atomic E-state index is 12.3. The van der Waals surface area contributed by atoms with Crippen LogP contribution in [-0.2, 0) is 0 Å². The van der Waals surface area contributed by atoms with E-state index in [1.807, 2.05) is 13.0 Å². The van der Waals surface area contributed by atoms with Gasteiger partial charge in [-0.3, -0.25) is 4.79 Å². The minimum absolute atomic E-state index is 0.114. The van der Waals surface area contributed by atoms with Gasteiger partial charge in [-0.2, -0.15) is 0 Å². The van der Waals surface area contributed by atoms with Gasteiger partial charge in [0.25, 0.3) is 5.91 Å². The summed E-state index contributed by atoms with van der Waals surface area (Å²) in [5.41, 5.74) is 4.53. The van der Waals surface area contributed by atoms with Crippen LogP contribution in [0.4, 0.5) is 10.5 Å². The molecule has 3 amide bonds. The lowest BCUT2D eigenvalue weighted by Gasteiger charge is -2.20. The van der Waals surface area contributed by atoms with Crippen molar-refractivity contribution in [3.63, 3.8) is 0 Å². The van der Waals surface area contributed by atoms with Crippen molar-refractivity contribution in [1.29, 1.82) is 0 Å². The summed E-state index contributed by atoms with van der Waals surface area (Å²) in [5, 5.41) is 7.04. The number of nitrogens with one attached hydrogen (secondary N) is 2. The van der Waals surface area contributed by atoms with Crippen LogP contribution in [0, 0.1) is 6.92 Å². The molecule has 0 aromatic heterocycles. The van der Waals surface area contributed by atoms with Crippen molar-refractivity contribution in [2.75, 3.05) is 45.6 Å². The summed E-state index contributed by atoms with van der Waals surface area (Å²) in [4.78, 5) is 30.1. The predicted molar refractivity (Wildman–Crippen MR) is 103 cm³/mol. The van der Waals surface area contributed by atoms with Crippen LogP contribution in [-0.4, -0.2) is 72.9 Å². The molecular weight excluding hydrogens is 332 g/mol. The second-order valence-electron chi connectivity index (χ2n) is 6.37. The Morgan fingerprint density at radius 1 is 1.15 bits per heavy atom. The van der Waals surface area contributed by atoms with Gasteiger partial charge in [0.15, 0.2) is 0 Å². The van der Waals surface area contributed by atoms with Gasteiger partial charge in [-0.25, -0.2) is 10.2 Å². The summed E-state index contributed by atoms with van der Waals surface area (Å²) < 4.78 is 0. The summed E-state index contributed by atoms with van der Waals surface area (Å²) in [6.07, 6.45) is 0. The van der Waals surface area contributed by atoms with Gasteiger partial charge in [0.1, 0.15) is 0 Å². The summed E-state index contributed by atoms with van der Waals surface area (Å²) >= 11 is 0. The third kappa shape index (κ3) is 4.44. The SMILES string of the molecule is CCN1CCN(CC)C1=NNC(=O)Nc1cc(C(=O)N(C)C)ccc1C. The number of guanidine groups is 1. The molecule has 8 heteroatoms. The highest BCUT2D eigenvalue weighted by Gasteiger charge is 2.24. The number of benzene rings is 1. The Balaban J connectivity index is 2.09. The Bertz CT molecular complexity index is 687. The van der Waals surface area contributed by atoms with Gasteiger partial charge in [-0.15, -0.1) is 5.10 Å². The molecule has 142 valence electrons. The quantitative estimate of drug-likeness (QED) is 0.784. The molecule has 8 nitrogen and oxygen atoms in total. The van der Waals surface area contributed by atoms with E-state index in [1.54, 1.807) is 26.2 Å². The number of hydrogen-bond donors (Lipinski definition) is 2. The first-order valence-corrected chi connectivity index (χ1v) is 8.84.